The minimum absolute atomic E-state index is 0.0337. The number of anilines is 1. The van der Waals surface area contributed by atoms with Gasteiger partial charge in [0.2, 0.25) is 0 Å². The highest BCUT2D eigenvalue weighted by Crippen LogP contribution is 2.29. The van der Waals surface area contributed by atoms with Gasteiger partial charge in [0, 0.05) is 39.4 Å². The molecule has 0 saturated carbocycles. The average Bonchev–Trinajstić information content (AvgIpc) is 3.11. The maximum atomic E-state index is 12.9. The fraction of sp³-hybridized carbons (Fsp3) is 0.143. The largest absolute Gasteiger partial charge is 0.494 e. The fourth-order valence-electron chi connectivity index (χ4n) is 3.91. The summed E-state index contributed by atoms with van der Waals surface area (Å²) in [7, 11) is 0. The summed E-state index contributed by atoms with van der Waals surface area (Å²) >= 11 is 6.04. The molecule has 1 heterocycles. The van der Waals surface area contributed by atoms with Crippen molar-refractivity contribution in [3.05, 3.63) is 100 Å². The van der Waals surface area contributed by atoms with Gasteiger partial charge in [-0.15, -0.1) is 0 Å². The molecule has 1 aromatic heterocycles. The number of benzene rings is 3. The topological polar surface area (TPSA) is 67.0 Å². The van der Waals surface area contributed by atoms with E-state index in [0.717, 1.165) is 33.5 Å². The number of carbonyl (C=O) groups excluding carboxylic acids is 1. The number of aromatic nitrogens is 1. The number of carbonyl (C=O) groups is 1. The molecule has 1 amide bonds. The number of nitriles is 1. The number of fused-ring (bicyclic) bond motifs is 1. The lowest BCUT2D eigenvalue weighted by atomic mass is 10.1. The minimum Gasteiger partial charge on any atom is -0.494 e. The van der Waals surface area contributed by atoms with Crippen LogP contribution in [0.3, 0.4) is 0 Å². The zero-order chi connectivity index (χ0) is 24.1. The van der Waals surface area contributed by atoms with Gasteiger partial charge < -0.3 is 14.6 Å². The van der Waals surface area contributed by atoms with E-state index in [4.69, 9.17) is 16.3 Å². The van der Waals surface area contributed by atoms with E-state index >= 15 is 0 Å². The van der Waals surface area contributed by atoms with Crippen LogP contribution in [0, 0.1) is 18.3 Å². The van der Waals surface area contributed by atoms with E-state index in [2.05, 4.69) is 16.0 Å². The highest BCUT2D eigenvalue weighted by Gasteiger charge is 2.16. The lowest BCUT2D eigenvalue weighted by molar-refractivity contribution is -0.112. The highest BCUT2D eigenvalue weighted by atomic mass is 35.5. The monoisotopic (exact) mass is 469 g/mol. The molecule has 6 heteroatoms. The third kappa shape index (κ3) is 4.98. The smallest absolute Gasteiger partial charge is 0.266 e. The first-order chi connectivity index (χ1) is 16.5. The van der Waals surface area contributed by atoms with Crippen LogP contribution in [0.5, 0.6) is 5.75 Å². The first-order valence-electron chi connectivity index (χ1n) is 11.0. The number of rotatable bonds is 7. The van der Waals surface area contributed by atoms with Crippen LogP contribution in [0.2, 0.25) is 5.02 Å². The molecular weight excluding hydrogens is 446 g/mol. The van der Waals surface area contributed by atoms with Crippen molar-refractivity contribution in [2.45, 2.75) is 20.4 Å². The van der Waals surface area contributed by atoms with Gasteiger partial charge in [-0.1, -0.05) is 41.9 Å². The van der Waals surface area contributed by atoms with E-state index in [0.29, 0.717) is 23.9 Å². The molecule has 1 N–H and O–H groups in total. The van der Waals surface area contributed by atoms with Crippen molar-refractivity contribution in [1.29, 1.82) is 5.26 Å². The Bertz CT molecular complexity index is 1390. The second kappa shape index (κ2) is 10.3. The maximum Gasteiger partial charge on any atom is 0.266 e. The summed E-state index contributed by atoms with van der Waals surface area (Å²) in [5, 5.41) is 14.2. The lowest BCUT2D eigenvalue weighted by Crippen LogP contribution is -2.13. The van der Waals surface area contributed by atoms with Crippen LogP contribution in [0.25, 0.3) is 17.0 Å². The Morgan fingerprint density at radius 3 is 2.47 bits per heavy atom. The summed E-state index contributed by atoms with van der Waals surface area (Å²) in [6.45, 7) is 5.13. The molecule has 3 aromatic carbocycles. The second-order valence-electron chi connectivity index (χ2n) is 7.81. The zero-order valence-electron chi connectivity index (χ0n) is 19.0. The van der Waals surface area contributed by atoms with Gasteiger partial charge in [-0.2, -0.15) is 5.26 Å². The SMILES string of the molecule is CCOc1ccc(NC(=O)/C(C#N)=C\c2c(C)n(Cc3ccc(Cl)cc3)c3ccccc23)cc1. The molecule has 5 nitrogen and oxygen atoms in total. The van der Waals surface area contributed by atoms with E-state index < -0.39 is 5.91 Å². The van der Waals surface area contributed by atoms with Crippen LogP contribution in [0.4, 0.5) is 5.69 Å². The Kier molecular flexibility index (Phi) is 7.01. The number of hydrogen-bond acceptors (Lipinski definition) is 3. The zero-order valence-corrected chi connectivity index (χ0v) is 19.8. The summed E-state index contributed by atoms with van der Waals surface area (Å²) in [6, 6.07) is 24.9. The van der Waals surface area contributed by atoms with E-state index in [9.17, 15) is 10.1 Å². The predicted molar refractivity (Wildman–Crippen MR) is 137 cm³/mol. The first-order valence-corrected chi connectivity index (χ1v) is 11.4. The molecule has 0 saturated heterocycles. The van der Waals surface area contributed by atoms with Crippen LogP contribution in [0.15, 0.2) is 78.4 Å². The average molecular weight is 470 g/mol. The number of hydrogen-bond donors (Lipinski definition) is 1. The third-order valence-corrected chi connectivity index (χ3v) is 5.86. The van der Waals surface area contributed by atoms with Crippen LogP contribution in [-0.2, 0) is 11.3 Å². The van der Waals surface area contributed by atoms with Crippen molar-refractivity contribution in [3.8, 4) is 11.8 Å². The Morgan fingerprint density at radius 1 is 1.09 bits per heavy atom. The highest BCUT2D eigenvalue weighted by molar-refractivity contribution is 6.30. The van der Waals surface area contributed by atoms with Gasteiger partial charge in [0.25, 0.3) is 5.91 Å². The Labute approximate surface area is 203 Å². The van der Waals surface area contributed by atoms with Crippen LogP contribution >= 0.6 is 11.6 Å². The minimum atomic E-state index is -0.458. The number of nitrogens with zero attached hydrogens (tertiary/aromatic N) is 2. The van der Waals surface area contributed by atoms with Gasteiger partial charge in [-0.05, 0) is 68.0 Å². The molecule has 0 spiro atoms. The van der Waals surface area contributed by atoms with Gasteiger partial charge in [0.1, 0.15) is 17.4 Å². The summed E-state index contributed by atoms with van der Waals surface area (Å²) in [6.07, 6.45) is 1.67. The van der Waals surface area contributed by atoms with Crippen molar-refractivity contribution >= 4 is 40.2 Å². The molecule has 0 aliphatic carbocycles. The third-order valence-electron chi connectivity index (χ3n) is 5.61. The van der Waals surface area contributed by atoms with Gasteiger partial charge in [-0.3, -0.25) is 4.79 Å². The molecule has 0 aliphatic heterocycles. The number of halogens is 1. The van der Waals surface area contributed by atoms with Crippen LogP contribution in [-0.4, -0.2) is 17.1 Å². The Hall–Kier alpha value is -4.01. The summed E-state index contributed by atoms with van der Waals surface area (Å²) in [5.74, 6) is 0.265. The van der Waals surface area contributed by atoms with Gasteiger partial charge in [0.05, 0.1) is 6.61 Å². The normalized spacial score (nSPS) is 11.3. The summed E-state index contributed by atoms with van der Waals surface area (Å²) in [4.78, 5) is 12.9. The van der Waals surface area contributed by atoms with Crippen molar-refractivity contribution in [1.82, 2.24) is 4.57 Å². The standard InChI is InChI=1S/C28H24ClN3O2/c1-3-34-24-14-12-23(13-15-24)31-28(33)21(17-30)16-26-19(2)32(27-7-5-4-6-25(26)27)18-20-8-10-22(29)11-9-20/h4-16H,3,18H2,1-2H3,(H,31,33)/b21-16-. The predicted octanol–water partition coefficient (Wildman–Crippen LogP) is 6.60. The molecule has 0 radical (unpaired) electrons. The molecule has 0 fully saturated rings. The van der Waals surface area contributed by atoms with Crippen molar-refractivity contribution < 1.29 is 9.53 Å². The Balaban J connectivity index is 1.67. The quantitative estimate of drug-likeness (QED) is 0.245. The van der Waals surface area contributed by atoms with Gasteiger partial charge in [-0.25, -0.2) is 0 Å². The summed E-state index contributed by atoms with van der Waals surface area (Å²) in [5.41, 5.74) is 4.59. The van der Waals surface area contributed by atoms with Crippen molar-refractivity contribution in [2.24, 2.45) is 0 Å². The molecule has 0 bridgehead atoms. The van der Waals surface area contributed by atoms with Gasteiger partial charge >= 0.3 is 0 Å². The molecule has 34 heavy (non-hydrogen) atoms. The summed E-state index contributed by atoms with van der Waals surface area (Å²) < 4.78 is 7.62. The van der Waals surface area contributed by atoms with E-state index in [1.165, 1.54) is 0 Å². The number of ether oxygens (including phenoxy) is 1. The van der Waals surface area contributed by atoms with Crippen molar-refractivity contribution in [3.63, 3.8) is 0 Å². The molecule has 170 valence electrons. The number of nitrogens with one attached hydrogen (secondary N) is 1. The fourth-order valence-corrected chi connectivity index (χ4v) is 4.03. The van der Waals surface area contributed by atoms with E-state index in [1.807, 2.05) is 62.4 Å². The van der Waals surface area contributed by atoms with Gasteiger partial charge in [0.15, 0.2) is 0 Å². The number of para-hydroxylation sites is 1. The molecule has 4 rings (SSSR count). The second-order valence-corrected chi connectivity index (χ2v) is 8.25. The Morgan fingerprint density at radius 2 is 1.79 bits per heavy atom. The first kappa shape index (κ1) is 23.2. The molecular formula is C28H24ClN3O2. The number of amides is 1. The molecule has 4 aromatic rings. The maximum absolute atomic E-state index is 12.9. The van der Waals surface area contributed by atoms with Crippen LogP contribution in [0.1, 0.15) is 23.7 Å². The molecule has 0 unspecified atom stereocenters. The van der Waals surface area contributed by atoms with Crippen LogP contribution < -0.4 is 10.1 Å². The van der Waals surface area contributed by atoms with E-state index in [-0.39, 0.29) is 5.57 Å². The van der Waals surface area contributed by atoms with E-state index in [1.54, 1.807) is 30.3 Å². The van der Waals surface area contributed by atoms with Crippen molar-refractivity contribution in [2.75, 3.05) is 11.9 Å². The molecule has 0 atom stereocenters. The lowest BCUT2D eigenvalue weighted by Gasteiger charge is -2.09. The molecule has 0 aliphatic rings.